The zero-order chi connectivity index (χ0) is 19.0. The maximum Gasteiger partial charge on any atom is 0.328 e. The van der Waals surface area contributed by atoms with E-state index >= 15 is 0 Å². The van der Waals surface area contributed by atoms with E-state index in [0.717, 1.165) is 30.6 Å². The minimum atomic E-state index is -0.908. The quantitative estimate of drug-likeness (QED) is 0.712. The first kappa shape index (κ1) is 17.6. The molecule has 0 saturated carbocycles. The van der Waals surface area contributed by atoms with Gasteiger partial charge in [-0.1, -0.05) is 42.0 Å². The van der Waals surface area contributed by atoms with Gasteiger partial charge < -0.3 is 14.6 Å². The molecule has 3 aromatic rings. The number of aliphatic carboxylic acids is 1. The van der Waals surface area contributed by atoms with Crippen molar-refractivity contribution in [1.82, 2.24) is 9.47 Å². The van der Waals surface area contributed by atoms with Gasteiger partial charge in [0.1, 0.15) is 0 Å². The maximum atomic E-state index is 11.5. The SMILES string of the molecule is Cc1ccc2c(c1)c1c(n2CC(=CC(=O)O)c2ccccc2)CCN(C)C1. The maximum absolute atomic E-state index is 11.5. The Hall–Kier alpha value is -2.85. The Kier molecular flexibility index (Phi) is 4.58. The van der Waals surface area contributed by atoms with Gasteiger partial charge in [-0.05, 0) is 42.8 Å². The topological polar surface area (TPSA) is 45.5 Å². The second-order valence-electron chi connectivity index (χ2n) is 7.39. The highest BCUT2D eigenvalue weighted by atomic mass is 16.4. The van der Waals surface area contributed by atoms with Crippen molar-refractivity contribution in [2.24, 2.45) is 0 Å². The van der Waals surface area contributed by atoms with E-state index in [-0.39, 0.29) is 0 Å². The van der Waals surface area contributed by atoms with E-state index in [1.165, 1.54) is 33.8 Å². The van der Waals surface area contributed by atoms with Crippen molar-refractivity contribution >= 4 is 22.4 Å². The smallest absolute Gasteiger partial charge is 0.328 e. The minimum absolute atomic E-state index is 0.564. The lowest BCUT2D eigenvalue weighted by Gasteiger charge is -2.24. The number of carbonyl (C=O) groups is 1. The summed E-state index contributed by atoms with van der Waals surface area (Å²) in [6.45, 7) is 4.64. The van der Waals surface area contributed by atoms with Gasteiger partial charge in [-0.2, -0.15) is 0 Å². The highest BCUT2D eigenvalue weighted by Crippen LogP contribution is 2.33. The number of likely N-dealkylation sites (N-methyl/N-ethyl adjacent to an activating group) is 1. The summed E-state index contributed by atoms with van der Waals surface area (Å²) >= 11 is 0. The Bertz CT molecular complexity index is 1030. The number of benzene rings is 2. The molecule has 0 atom stereocenters. The van der Waals surface area contributed by atoms with Crippen molar-refractivity contribution in [3.05, 3.63) is 77.0 Å². The van der Waals surface area contributed by atoms with Crippen LogP contribution in [0.1, 0.15) is 22.4 Å². The Morgan fingerprint density at radius 3 is 2.70 bits per heavy atom. The number of rotatable bonds is 4. The largest absolute Gasteiger partial charge is 0.478 e. The molecule has 0 saturated heterocycles. The van der Waals surface area contributed by atoms with Crippen molar-refractivity contribution in [3.8, 4) is 0 Å². The fourth-order valence-corrected chi connectivity index (χ4v) is 4.07. The average Bonchev–Trinajstić information content (AvgIpc) is 2.94. The summed E-state index contributed by atoms with van der Waals surface area (Å²) in [6.07, 6.45) is 2.32. The van der Waals surface area contributed by atoms with E-state index in [1.54, 1.807) is 0 Å². The number of hydrogen-bond acceptors (Lipinski definition) is 2. The number of aromatic nitrogens is 1. The Balaban J connectivity index is 1.87. The first-order valence-electron chi connectivity index (χ1n) is 9.31. The molecule has 0 fully saturated rings. The van der Waals surface area contributed by atoms with Gasteiger partial charge in [0.25, 0.3) is 0 Å². The summed E-state index contributed by atoms with van der Waals surface area (Å²) in [7, 11) is 2.15. The van der Waals surface area contributed by atoms with Gasteiger partial charge in [-0.3, -0.25) is 0 Å². The van der Waals surface area contributed by atoms with Crippen LogP contribution in [0.25, 0.3) is 16.5 Å². The van der Waals surface area contributed by atoms with E-state index in [9.17, 15) is 9.90 Å². The average molecular weight is 360 g/mol. The molecular formula is C23H24N2O2. The number of aryl methyl sites for hydroxylation is 1. The number of carboxylic acid groups (broad SMARTS) is 1. The molecule has 0 spiro atoms. The molecule has 1 aliphatic rings. The van der Waals surface area contributed by atoms with Gasteiger partial charge in [0, 0.05) is 48.7 Å². The van der Waals surface area contributed by atoms with Gasteiger partial charge in [-0.25, -0.2) is 4.79 Å². The summed E-state index contributed by atoms with van der Waals surface area (Å²) in [5.74, 6) is -0.908. The molecule has 138 valence electrons. The number of hydrogen-bond donors (Lipinski definition) is 1. The molecule has 27 heavy (non-hydrogen) atoms. The molecule has 0 radical (unpaired) electrons. The van der Waals surface area contributed by atoms with Gasteiger partial charge in [0.2, 0.25) is 0 Å². The highest BCUT2D eigenvalue weighted by Gasteiger charge is 2.23. The summed E-state index contributed by atoms with van der Waals surface area (Å²) in [5, 5.41) is 10.7. The van der Waals surface area contributed by atoms with Gasteiger partial charge >= 0.3 is 5.97 Å². The first-order valence-corrected chi connectivity index (χ1v) is 9.31. The minimum Gasteiger partial charge on any atom is -0.478 e. The lowest BCUT2D eigenvalue weighted by molar-refractivity contribution is -0.131. The van der Waals surface area contributed by atoms with Gasteiger partial charge in [0.05, 0.1) is 0 Å². The van der Waals surface area contributed by atoms with E-state index in [2.05, 4.69) is 41.6 Å². The van der Waals surface area contributed by atoms with Crippen LogP contribution < -0.4 is 0 Å². The Labute approximate surface area is 159 Å². The third-order valence-corrected chi connectivity index (χ3v) is 5.37. The molecule has 4 nitrogen and oxygen atoms in total. The molecular weight excluding hydrogens is 336 g/mol. The normalized spacial score (nSPS) is 15.1. The first-order chi connectivity index (χ1) is 13.0. The fraction of sp³-hybridized carbons (Fsp3) is 0.261. The zero-order valence-corrected chi connectivity index (χ0v) is 15.8. The van der Waals surface area contributed by atoms with Crippen LogP contribution in [0.15, 0.2) is 54.6 Å². The molecule has 0 unspecified atom stereocenters. The second-order valence-corrected chi connectivity index (χ2v) is 7.39. The molecule has 1 N–H and O–H groups in total. The third-order valence-electron chi connectivity index (χ3n) is 5.37. The summed E-state index contributed by atoms with van der Waals surface area (Å²) < 4.78 is 2.32. The molecule has 1 aromatic heterocycles. The van der Waals surface area contributed by atoms with Crippen molar-refractivity contribution in [3.63, 3.8) is 0 Å². The zero-order valence-electron chi connectivity index (χ0n) is 15.8. The van der Waals surface area contributed by atoms with Crippen LogP contribution >= 0.6 is 0 Å². The molecule has 4 heteroatoms. The van der Waals surface area contributed by atoms with Gasteiger partial charge in [0.15, 0.2) is 0 Å². The molecule has 2 aromatic carbocycles. The van der Waals surface area contributed by atoms with Crippen LogP contribution in [0.3, 0.4) is 0 Å². The summed E-state index contributed by atoms with van der Waals surface area (Å²) in [6, 6.07) is 16.4. The van der Waals surface area contributed by atoms with E-state index < -0.39 is 5.97 Å². The lowest BCUT2D eigenvalue weighted by Crippen LogP contribution is -2.27. The predicted octanol–water partition coefficient (Wildman–Crippen LogP) is 4.11. The summed E-state index contributed by atoms with van der Waals surface area (Å²) in [4.78, 5) is 13.8. The predicted molar refractivity (Wildman–Crippen MR) is 109 cm³/mol. The number of fused-ring (bicyclic) bond motifs is 3. The van der Waals surface area contributed by atoms with Crippen molar-refractivity contribution < 1.29 is 9.90 Å². The van der Waals surface area contributed by atoms with E-state index in [4.69, 9.17) is 0 Å². The van der Waals surface area contributed by atoms with Gasteiger partial charge in [-0.15, -0.1) is 0 Å². The van der Waals surface area contributed by atoms with Crippen LogP contribution in [-0.2, 0) is 24.3 Å². The lowest BCUT2D eigenvalue weighted by atomic mass is 10.0. The van der Waals surface area contributed by atoms with E-state index in [0.29, 0.717) is 6.54 Å². The monoisotopic (exact) mass is 360 g/mol. The van der Waals surface area contributed by atoms with Crippen LogP contribution in [0, 0.1) is 6.92 Å². The third kappa shape index (κ3) is 3.40. The van der Waals surface area contributed by atoms with Crippen molar-refractivity contribution in [2.45, 2.75) is 26.4 Å². The van der Waals surface area contributed by atoms with Crippen molar-refractivity contribution in [1.29, 1.82) is 0 Å². The van der Waals surface area contributed by atoms with Crippen LogP contribution in [0.5, 0.6) is 0 Å². The second kappa shape index (κ2) is 7.05. The van der Waals surface area contributed by atoms with E-state index in [1.807, 2.05) is 30.3 Å². The van der Waals surface area contributed by atoms with Crippen LogP contribution in [-0.4, -0.2) is 34.1 Å². The van der Waals surface area contributed by atoms with Crippen LogP contribution in [0.2, 0.25) is 0 Å². The molecule has 0 amide bonds. The number of nitrogens with zero attached hydrogens (tertiary/aromatic N) is 2. The van der Waals surface area contributed by atoms with Crippen LogP contribution in [0.4, 0.5) is 0 Å². The Morgan fingerprint density at radius 2 is 1.96 bits per heavy atom. The molecule has 1 aliphatic heterocycles. The molecule has 2 heterocycles. The van der Waals surface area contributed by atoms with Crippen molar-refractivity contribution in [2.75, 3.05) is 13.6 Å². The molecule has 0 aliphatic carbocycles. The standard InChI is InChI=1S/C23H24N2O2/c1-16-8-9-21-19(12-16)20-15-24(2)11-10-22(20)25(21)14-18(13-23(26)27)17-6-4-3-5-7-17/h3-9,12-13H,10-11,14-15H2,1-2H3,(H,26,27). The number of carboxylic acids is 1. The summed E-state index contributed by atoms with van der Waals surface area (Å²) in [5.41, 5.74) is 6.93. The highest BCUT2D eigenvalue weighted by molar-refractivity contribution is 5.91. The molecule has 0 bridgehead atoms. The Morgan fingerprint density at radius 1 is 1.19 bits per heavy atom. The fourth-order valence-electron chi connectivity index (χ4n) is 4.07. The molecule has 4 rings (SSSR count). The number of allylic oxidation sites excluding steroid dienone is 1.